The summed E-state index contributed by atoms with van der Waals surface area (Å²) in [6.45, 7) is 3.91. The second-order valence-electron chi connectivity index (χ2n) is 4.37. The van der Waals surface area contributed by atoms with Gasteiger partial charge in [-0.05, 0) is 54.8 Å². The number of benzene rings is 2. The summed E-state index contributed by atoms with van der Waals surface area (Å²) in [7, 11) is 0. The van der Waals surface area contributed by atoms with Crippen LogP contribution in [0.2, 0.25) is 10.0 Å². The zero-order valence-electron chi connectivity index (χ0n) is 10.6. The fourth-order valence-electron chi connectivity index (χ4n) is 1.88. The molecule has 0 bridgehead atoms. The quantitative estimate of drug-likeness (QED) is 0.618. The van der Waals surface area contributed by atoms with Crippen molar-refractivity contribution in [2.45, 2.75) is 19.7 Å². The van der Waals surface area contributed by atoms with E-state index in [1.807, 2.05) is 44.2 Å². The maximum atomic E-state index is 6.18. The zero-order valence-corrected chi connectivity index (χ0v) is 12.9. The van der Waals surface area contributed by atoms with Crippen molar-refractivity contribution in [3.8, 4) is 11.5 Å². The molecule has 0 unspecified atom stereocenters. The molecule has 1 nitrogen and oxygen atoms in total. The molecular formula is C15H13Cl3O. The molecule has 0 atom stereocenters. The Labute approximate surface area is 128 Å². The molecule has 0 aliphatic heterocycles. The number of hydrogen-bond acceptors (Lipinski definition) is 1. The largest absolute Gasteiger partial charge is 0.455 e. The van der Waals surface area contributed by atoms with Crippen LogP contribution >= 0.6 is 34.8 Å². The van der Waals surface area contributed by atoms with Gasteiger partial charge < -0.3 is 4.74 Å². The average Bonchev–Trinajstić information content (AvgIpc) is 2.35. The molecule has 0 N–H and O–H groups in total. The van der Waals surface area contributed by atoms with Crippen LogP contribution < -0.4 is 4.74 Å². The number of ether oxygens (including phenoxy) is 1. The molecule has 0 aliphatic carbocycles. The highest BCUT2D eigenvalue weighted by atomic mass is 35.5. The van der Waals surface area contributed by atoms with Gasteiger partial charge in [0.25, 0.3) is 0 Å². The van der Waals surface area contributed by atoms with Gasteiger partial charge in [0.15, 0.2) is 0 Å². The summed E-state index contributed by atoms with van der Waals surface area (Å²) in [5.41, 5.74) is 2.91. The predicted molar refractivity (Wildman–Crippen MR) is 82.0 cm³/mol. The van der Waals surface area contributed by atoms with Gasteiger partial charge >= 0.3 is 0 Å². The van der Waals surface area contributed by atoms with Crippen LogP contribution in [-0.2, 0) is 5.88 Å². The van der Waals surface area contributed by atoms with E-state index < -0.39 is 0 Å². The molecule has 0 heterocycles. The van der Waals surface area contributed by atoms with E-state index in [1.165, 1.54) is 0 Å². The van der Waals surface area contributed by atoms with E-state index in [0.29, 0.717) is 21.7 Å². The first-order valence-electron chi connectivity index (χ1n) is 5.80. The van der Waals surface area contributed by atoms with Gasteiger partial charge in [-0.3, -0.25) is 0 Å². The molecular weight excluding hydrogens is 303 g/mol. The molecule has 2 rings (SSSR count). The number of halogens is 3. The lowest BCUT2D eigenvalue weighted by Gasteiger charge is -2.13. The Hall–Kier alpha value is -0.890. The highest BCUT2D eigenvalue weighted by Crippen LogP contribution is 2.35. The summed E-state index contributed by atoms with van der Waals surface area (Å²) in [5, 5.41) is 1.25. The molecule has 100 valence electrons. The highest BCUT2D eigenvalue weighted by Gasteiger charge is 2.10. The lowest BCUT2D eigenvalue weighted by Crippen LogP contribution is -1.92. The Morgan fingerprint density at radius 1 is 1.00 bits per heavy atom. The van der Waals surface area contributed by atoms with Gasteiger partial charge in [0.05, 0.1) is 5.02 Å². The van der Waals surface area contributed by atoms with Gasteiger partial charge in [0.1, 0.15) is 11.5 Å². The maximum Gasteiger partial charge on any atom is 0.146 e. The van der Waals surface area contributed by atoms with Gasteiger partial charge in [0.2, 0.25) is 0 Å². The molecule has 0 fully saturated rings. The Morgan fingerprint density at radius 2 is 1.63 bits per heavy atom. The third-order valence-corrected chi connectivity index (χ3v) is 3.61. The van der Waals surface area contributed by atoms with E-state index in [2.05, 4.69) is 0 Å². The Bertz CT molecular complexity index is 585. The van der Waals surface area contributed by atoms with Crippen molar-refractivity contribution in [1.82, 2.24) is 0 Å². The van der Waals surface area contributed by atoms with E-state index in [-0.39, 0.29) is 0 Å². The molecule has 0 radical (unpaired) electrons. The lowest BCUT2D eigenvalue weighted by molar-refractivity contribution is 0.475. The molecule has 0 aromatic heterocycles. The van der Waals surface area contributed by atoms with Gasteiger partial charge in [-0.1, -0.05) is 29.3 Å². The van der Waals surface area contributed by atoms with Gasteiger partial charge in [-0.2, -0.15) is 0 Å². The average molecular weight is 316 g/mol. The molecule has 0 saturated carbocycles. The van der Waals surface area contributed by atoms with Gasteiger partial charge in [-0.25, -0.2) is 0 Å². The second kappa shape index (κ2) is 6.04. The lowest BCUT2D eigenvalue weighted by atomic mass is 10.1. The summed E-state index contributed by atoms with van der Waals surface area (Å²) in [5.74, 6) is 1.83. The fraction of sp³-hybridized carbons (Fsp3) is 0.200. The Morgan fingerprint density at radius 3 is 2.16 bits per heavy atom. The molecule has 0 amide bonds. The minimum Gasteiger partial charge on any atom is -0.455 e. The zero-order chi connectivity index (χ0) is 14.0. The van der Waals surface area contributed by atoms with Crippen LogP contribution in [-0.4, -0.2) is 0 Å². The topological polar surface area (TPSA) is 9.23 Å². The molecule has 2 aromatic carbocycles. The highest BCUT2D eigenvalue weighted by molar-refractivity contribution is 6.32. The molecule has 0 saturated heterocycles. The van der Waals surface area contributed by atoms with Crippen molar-refractivity contribution in [3.63, 3.8) is 0 Å². The molecule has 2 aromatic rings. The van der Waals surface area contributed by atoms with Crippen molar-refractivity contribution in [2.75, 3.05) is 0 Å². The normalized spacial score (nSPS) is 10.6. The molecule has 0 aliphatic rings. The molecule has 0 spiro atoms. The summed E-state index contributed by atoms with van der Waals surface area (Å²) >= 11 is 17.9. The van der Waals surface area contributed by atoms with Crippen LogP contribution in [0.5, 0.6) is 11.5 Å². The molecule has 19 heavy (non-hydrogen) atoms. The van der Waals surface area contributed by atoms with E-state index in [4.69, 9.17) is 39.5 Å². The SMILES string of the molecule is Cc1cc(Cl)cc(C)c1Oc1ccc(CCl)cc1Cl. The van der Waals surface area contributed by atoms with Crippen molar-refractivity contribution in [3.05, 3.63) is 57.1 Å². The Kier molecular flexibility index (Phi) is 4.62. The van der Waals surface area contributed by atoms with Crippen molar-refractivity contribution >= 4 is 34.8 Å². The third kappa shape index (κ3) is 3.36. The van der Waals surface area contributed by atoms with Crippen LogP contribution in [0.3, 0.4) is 0 Å². The van der Waals surface area contributed by atoms with Crippen LogP contribution in [0.1, 0.15) is 16.7 Å². The van der Waals surface area contributed by atoms with E-state index in [1.54, 1.807) is 0 Å². The first-order chi connectivity index (χ1) is 9.01. The van der Waals surface area contributed by atoms with Gasteiger partial charge in [0, 0.05) is 10.9 Å². The smallest absolute Gasteiger partial charge is 0.146 e. The van der Waals surface area contributed by atoms with Crippen molar-refractivity contribution in [2.24, 2.45) is 0 Å². The Balaban J connectivity index is 2.36. The van der Waals surface area contributed by atoms with Crippen LogP contribution in [0, 0.1) is 13.8 Å². The summed E-state index contributed by atoms with van der Waals surface area (Å²) in [6.07, 6.45) is 0. The van der Waals surface area contributed by atoms with E-state index in [0.717, 1.165) is 22.4 Å². The number of hydrogen-bond donors (Lipinski definition) is 0. The summed E-state index contributed by atoms with van der Waals surface area (Å²) in [4.78, 5) is 0. The van der Waals surface area contributed by atoms with E-state index in [9.17, 15) is 0 Å². The standard InChI is InChI=1S/C15H13Cl3O/c1-9-5-12(17)6-10(2)15(9)19-14-4-3-11(8-16)7-13(14)18/h3-7H,8H2,1-2H3. The second-order valence-corrected chi connectivity index (χ2v) is 5.48. The first kappa shape index (κ1) is 14.5. The number of rotatable bonds is 3. The maximum absolute atomic E-state index is 6.18. The summed E-state index contributed by atoms with van der Waals surface area (Å²) < 4.78 is 5.89. The van der Waals surface area contributed by atoms with Crippen molar-refractivity contribution in [1.29, 1.82) is 0 Å². The third-order valence-electron chi connectivity index (χ3n) is 2.79. The van der Waals surface area contributed by atoms with E-state index >= 15 is 0 Å². The summed E-state index contributed by atoms with van der Waals surface area (Å²) in [6, 6.07) is 9.27. The van der Waals surface area contributed by atoms with Crippen molar-refractivity contribution < 1.29 is 4.74 Å². The monoisotopic (exact) mass is 314 g/mol. The first-order valence-corrected chi connectivity index (χ1v) is 7.09. The minimum atomic E-state index is 0.430. The minimum absolute atomic E-state index is 0.430. The fourth-order valence-corrected chi connectivity index (χ4v) is 2.61. The van der Waals surface area contributed by atoms with Crippen LogP contribution in [0.15, 0.2) is 30.3 Å². The van der Waals surface area contributed by atoms with Gasteiger partial charge in [-0.15, -0.1) is 11.6 Å². The number of aryl methyl sites for hydroxylation is 2. The van der Waals surface area contributed by atoms with Crippen LogP contribution in [0.25, 0.3) is 0 Å². The predicted octanol–water partition coefficient (Wildman–Crippen LogP) is 6.14. The van der Waals surface area contributed by atoms with Crippen LogP contribution in [0.4, 0.5) is 0 Å². The number of alkyl halides is 1. The molecule has 4 heteroatoms.